The van der Waals surface area contributed by atoms with Gasteiger partial charge in [0, 0.05) is 38.6 Å². The lowest BCUT2D eigenvalue weighted by Crippen LogP contribution is -2.39. The van der Waals surface area contributed by atoms with Crippen molar-refractivity contribution in [2.45, 2.75) is 52.6 Å². The topological polar surface area (TPSA) is 49.6 Å². The first kappa shape index (κ1) is 14.6. The second kappa shape index (κ2) is 5.79. The fraction of sp³-hybridized carbons (Fsp3) is 0.750. The van der Waals surface area contributed by atoms with E-state index in [4.69, 9.17) is 4.42 Å². The fourth-order valence-corrected chi connectivity index (χ4v) is 3.26. The number of likely N-dealkylation sites (tertiary alicyclic amines) is 1. The summed E-state index contributed by atoms with van der Waals surface area (Å²) in [5, 5.41) is 0. The number of fused-ring (bicyclic) bond motifs is 1. The number of piperidine rings is 1. The van der Waals surface area contributed by atoms with Gasteiger partial charge in [-0.3, -0.25) is 9.69 Å². The predicted octanol–water partition coefficient (Wildman–Crippen LogP) is 2.31. The third kappa shape index (κ3) is 2.98. The molecule has 5 heteroatoms. The number of aromatic nitrogens is 1. The maximum absolute atomic E-state index is 12.5. The molecule has 0 bridgehead atoms. The number of carbonyl (C=O) groups excluding carboxylic acids is 1. The molecule has 0 aliphatic carbocycles. The van der Waals surface area contributed by atoms with Crippen LogP contribution in [0.3, 0.4) is 0 Å². The molecule has 1 aromatic heterocycles. The molecule has 0 radical (unpaired) electrons. The molecule has 1 fully saturated rings. The van der Waals surface area contributed by atoms with Gasteiger partial charge in [-0.25, -0.2) is 4.98 Å². The molecule has 0 unspecified atom stereocenters. The zero-order valence-electron chi connectivity index (χ0n) is 13.3. The van der Waals surface area contributed by atoms with E-state index in [2.05, 4.69) is 30.7 Å². The van der Waals surface area contributed by atoms with Gasteiger partial charge in [-0.15, -0.1) is 0 Å². The third-order valence-electron chi connectivity index (χ3n) is 4.61. The van der Waals surface area contributed by atoms with Crippen LogP contribution in [0.4, 0.5) is 0 Å². The summed E-state index contributed by atoms with van der Waals surface area (Å²) in [5.74, 6) is 1.73. The number of hydrogen-bond donors (Lipinski definition) is 0. The van der Waals surface area contributed by atoms with E-state index >= 15 is 0 Å². The molecule has 2 aliphatic rings. The molecule has 5 nitrogen and oxygen atoms in total. The van der Waals surface area contributed by atoms with Crippen LogP contribution in [0.2, 0.25) is 0 Å². The summed E-state index contributed by atoms with van der Waals surface area (Å²) in [6.07, 6.45) is 3.13. The average molecular weight is 291 g/mol. The van der Waals surface area contributed by atoms with Gasteiger partial charge >= 0.3 is 5.91 Å². The van der Waals surface area contributed by atoms with Crippen LogP contribution in [0.1, 0.15) is 55.8 Å². The molecule has 0 N–H and O–H groups in total. The van der Waals surface area contributed by atoms with Crippen molar-refractivity contribution in [2.75, 3.05) is 19.6 Å². The molecule has 1 saturated heterocycles. The number of oxazole rings is 1. The number of rotatable bonds is 2. The van der Waals surface area contributed by atoms with Crippen LogP contribution < -0.4 is 0 Å². The van der Waals surface area contributed by atoms with E-state index < -0.39 is 0 Å². The summed E-state index contributed by atoms with van der Waals surface area (Å²) in [5.41, 5.74) is 0.948. The quantitative estimate of drug-likeness (QED) is 0.839. The highest BCUT2D eigenvalue weighted by molar-refractivity contribution is 5.89. The van der Waals surface area contributed by atoms with Crippen molar-refractivity contribution in [2.24, 2.45) is 5.92 Å². The van der Waals surface area contributed by atoms with Gasteiger partial charge in [0.05, 0.1) is 5.69 Å². The van der Waals surface area contributed by atoms with E-state index in [0.29, 0.717) is 17.9 Å². The molecule has 2 aliphatic heterocycles. The monoisotopic (exact) mass is 291 g/mol. The lowest BCUT2D eigenvalue weighted by atomic mass is 10.0. The van der Waals surface area contributed by atoms with Gasteiger partial charge in [0.25, 0.3) is 5.89 Å². The molecule has 0 aromatic carbocycles. The summed E-state index contributed by atoms with van der Waals surface area (Å²) in [7, 11) is 0. The van der Waals surface area contributed by atoms with Crippen molar-refractivity contribution < 1.29 is 9.21 Å². The molecule has 3 heterocycles. The molecule has 0 saturated carbocycles. The molecular formula is C16H25N3O2. The van der Waals surface area contributed by atoms with Crippen molar-refractivity contribution in [3.05, 3.63) is 17.3 Å². The van der Waals surface area contributed by atoms with Gasteiger partial charge in [0.15, 0.2) is 0 Å². The van der Waals surface area contributed by atoms with Crippen LogP contribution in [0.5, 0.6) is 0 Å². The van der Waals surface area contributed by atoms with Crippen LogP contribution in [-0.2, 0) is 13.0 Å². The first-order valence-corrected chi connectivity index (χ1v) is 8.06. The SMILES string of the molecule is CC(C)N1CCc2oc(C(=O)N3CCC[C@@H](C)C3)nc2C1. The Hall–Kier alpha value is -1.36. The second-order valence-electron chi connectivity index (χ2n) is 6.70. The highest BCUT2D eigenvalue weighted by Crippen LogP contribution is 2.23. The Morgan fingerprint density at radius 2 is 2.19 bits per heavy atom. The number of nitrogens with zero attached hydrogens (tertiary/aromatic N) is 3. The highest BCUT2D eigenvalue weighted by atomic mass is 16.4. The summed E-state index contributed by atoms with van der Waals surface area (Å²) < 4.78 is 5.76. The number of amides is 1. The Bertz CT molecular complexity index is 524. The maximum Gasteiger partial charge on any atom is 0.309 e. The van der Waals surface area contributed by atoms with Crippen LogP contribution in [-0.4, -0.2) is 46.4 Å². The smallest absolute Gasteiger partial charge is 0.309 e. The molecular weight excluding hydrogens is 266 g/mol. The van der Waals surface area contributed by atoms with Gasteiger partial charge in [0.1, 0.15) is 5.76 Å². The van der Waals surface area contributed by atoms with E-state index in [-0.39, 0.29) is 5.91 Å². The molecule has 116 valence electrons. The number of hydrogen-bond acceptors (Lipinski definition) is 4. The molecule has 1 aromatic rings. The first-order valence-electron chi connectivity index (χ1n) is 8.06. The minimum Gasteiger partial charge on any atom is -0.437 e. The Morgan fingerprint density at radius 1 is 1.38 bits per heavy atom. The van der Waals surface area contributed by atoms with Gasteiger partial charge in [-0.05, 0) is 32.6 Å². The summed E-state index contributed by atoms with van der Waals surface area (Å²) in [6, 6.07) is 0.497. The molecule has 0 spiro atoms. The zero-order valence-corrected chi connectivity index (χ0v) is 13.3. The second-order valence-corrected chi connectivity index (χ2v) is 6.70. The van der Waals surface area contributed by atoms with Gasteiger partial charge in [-0.1, -0.05) is 6.92 Å². The molecule has 1 amide bonds. The summed E-state index contributed by atoms with van der Waals surface area (Å²) in [6.45, 7) is 9.99. The molecule has 1 atom stereocenters. The normalized spacial score (nSPS) is 23.4. The van der Waals surface area contributed by atoms with Crippen molar-refractivity contribution >= 4 is 5.91 Å². The maximum atomic E-state index is 12.5. The summed E-state index contributed by atoms with van der Waals surface area (Å²) in [4.78, 5) is 21.3. The Labute approximate surface area is 126 Å². The third-order valence-corrected chi connectivity index (χ3v) is 4.61. The van der Waals surface area contributed by atoms with E-state index in [0.717, 1.165) is 50.5 Å². The standard InChI is InChI=1S/C16H25N3O2/c1-11(2)18-8-6-14-13(10-18)17-15(21-14)16(20)19-7-4-5-12(3)9-19/h11-12H,4-10H2,1-3H3/t12-/m1/s1. The van der Waals surface area contributed by atoms with E-state index in [1.807, 2.05) is 4.90 Å². The highest BCUT2D eigenvalue weighted by Gasteiger charge is 2.29. The Morgan fingerprint density at radius 3 is 2.90 bits per heavy atom. The minimum atomic E-state index is -0.0351. The van der Waals surface area contributed by atoms with Crippen LogP contribution in [0.15, 0.2) is 4.42 Å². The predicted molar refractivity (Wildman–Crippen MR) is 80.1 cm³/mol. The van der Waals surface area contributed by atoms with E-state index in [9.17, 15) is 4.79 Å². The molecule has 21 heavy (non-hydrogen) atoms. The van der Waals surface area contributed by atoms with Crippen molar-refractivity contribution in [3.63, 3.8) is 0 Å². The lowest BCUT2D eigenvalue weighted by molar-refractivity contribution is 0.0640. The Balaban J connectivity index is 1.74. The average Bonchev–Trinajstić information content (AvgIpc) is 2.89. The fourth-order valence-electron chi connectivity index (χ4n) is 3.26. The van der Waals surface area contributed by atoms with Gasteiger partial charge in [-0.2, -0.15) is 0 Å². The number of carbonyl (C=O) groups is 1. The van der Waals surface area contributed by atoms with Crippen LogP contribution in [0, 0.1) is 5.92 Å². The zero-order chi connectivity index (χ0) is 15.0. The van der Waals surface area contributed by atoms with Crippen LogP contribution in [0.25, 0.3) is 0 Å². The lowest BCUT2D eigenvalue weighted by Gasteiger charge is -2.29. The van der Waals surface area contributed by atoms with Crippen molar-refractivity contribution in [3.8, 4) is 0 Å². The van der Waals surface area contributed by atoms with Crippen LogP contribution >= 0.6 is 0 Å². The van der Waals surface area contributed by atoms with E-state index in [1.54, 1.807) is 0 Å². The first-order chi connectivity index (χ1) is 10.0. The van der Waals surface area contributed by atoms with Gasteiger partial charge < -0.3 is 9.32 Å². The molecule has 3 rings (SSSR count). The van der Waals surface area contributed by atoms with Gasteiger partial charge in [0.2, 0.25) is 0 Å². The minimum absolute atomic E-state index is 0.0351. The largest absolute Gasteiger partial charge is 0.437 e. The Kier molecular flexibility index (Phi) is 4.02. The van der Waals surface area contributed by atoms with E-state index in [1.165, 1.54) is 6.42 Å². The summed E-state index contributed by atoms with van der Waals surface area (Å²) >= 11 is 0. The van der Waals surface area contributed by atoms with Crippen molar-refractivity contribution in [1.82, 2.24) is 14.8 Å². The van der Waals surface area contributed by atoms with Crippen molar-refractivity contribution in [1.29, 1.82) is 0 Å².